The molecule has 0 saturated carbocycles. The van der Waals surface area contributed by atoms with Crippen LogP contribution in [0.4, 0.5) is 0 Å². The fourth-order valence-electron chi connectivity index (χ4n) is 4.23. The van der Waals surface area contributed by atoms with E-state index in [4.69, 9.17) is 14.2 Å². The second-order valence-corrected chi connectivity index (χ2v) is 8.07. The summed E-state index contributed by atoms with van der Waals surface area (Å²) >= 11 is 3.56. The van der Waals surface area contributed by atoms with E-state index < -0.39 is 11.9 Å². The number of benzene rings is 2. The molecule has 1 aliphatic carbocycles. The number of esters is 1. The Morgan fingerprint density at radius 2 is 1.87 bits per heavy atom. The van der Waals surface area contributed by atoms with Gasteiger partial charge in [-0.05, 0) is 47.5 Å². The number of fused-ring (bicyclic) bond motifs is 2. The van der Waals surface area contributed by atoms with Gasteiger partial charge in [0, 0.05) is 28.3 Å². The monoisotopic (exact) mass is 483 g/mol. The fourth-order valence-corrected chi connectivity index (χ4v) is 4.81. The van der Waals surface area contributed by atoms with Gasteiger partial charge in [-0.3, -0.25) is 4.79 Å². The number of Topliss-reactive ketones (excluding diaryl/α,β-unsaturated/α-hetero) is 1. The van der Waals surface area contributed by atoms with E-state index in [-0.39, 0.29) is 5.78 Å². The van der Waals surface area contributed by atoms with Crippen LogP contribution in [0.25, 0.3) is 5.70 Å². The van der Waals surface area contributed by atoms with Crippen molar-refractivity contribution in [2.24, 2.45) is 0 Å². The first-order valence-electron chi connectivity index (χ1n) is 9.87. The molecule has 0 fully saturated rings. The predicted octanol–water partition coefficient (Wildman–Crippen LogP) is 4.60. The van der Waals surface area contributed by atoms with Gasteiger partial charge < -0.3 is 19.5 Å². The normalized spacial score (nSPS) is 17.2. The molecule has 31 heavy (non-hydrogen) atoms. The second kappa shape index (κ2) is 8.23. The van der Waals surface area contributed by atoms with Crippen LogP contribution in [0.2, 0.25) is 0 Å². The Balaban J connectivity index is 1.96. The van der Waals surface area contributed by atoms with Gasteiger partial charge in [0.25, 0.3) is 0 Å². The summed E-state index contributed by atoms with van der Waals surface area (Å²) in [4.78, 5) is 26.3. The largest absolute Gasteiger partial charge is 0.493 e. The van der Waals surface area contributed by atoms with Crippen molar-refractivity contribution in [2.75, 3.05) is 20.8 Å². The molecule has 1 N–H and O–H groups in total. The lowest BCUT2D eigenvalue weighted by Gasteiger charge is -2.29. The van der Waals surface area contributed by atoms with E-state index in [9.17, 15) is 9.59 Å². The molecule has 2 aromatic carbocycles. The van der Waals surface area contributed by atoms with Crippen molar-refractivity contribution in [3.63, 3.8) is 0 Å². The number of hydrogen-bond acceptors (Lipinski definition) is 6. The standard InChI is InChI=1S/C24H22BrNO5/c1-5-31-23-16(25)10-13(11-17(23)29-3)19-18(24(28)30-4)12(2)26-21-14-8-6-7-9-15(14)22(27)20(19)21/h6-11,19,26H,5H2,1-4H3/t19-/m1/s1. The fraction of sp³-hybridized carbons (Fsp3) is 0.250. The van der Waals surface area contributed by atoms with E-state index in [0.29, 0.717) is 45.0 Å². The van der Waals surface area contributed by atoms with Crippen LogP contribution in [0.1, 0.15) is 41.3 Å². The van der Waals surface area contributed by atoms with Crippen molar-refractivity contribution in [2.45, 2.75) is 19.8 Å². The molecule has 7 heteroatoms. The average molecular weight is 484 g/mol. The van der Waals surface area contributed by atoms with Crippen LogP contribution in [0.15, 0.2) is 57.7 Å². The number of nitrogens with one attached hydrogen (secondary N) is 1. The van der Waals surface area contributed by atoms with Crippen LogP contribution in [-0.4, -0.2) is 32.6 Å². The van der Waals surface area contributed by atoms with Crippen molar-refractivity contribution >= 4 is 33.4 Å². The number of carbonyl (C=O) groups is 2. The molecule has 0 saturated heterocycles. The van der Waals surface area contributed by atoms with Crippen LogP contribution in [0.3, 0.4) is 0 Å². The number of hydrogen-bond donors (Lipinski definition) is 1. The molecular weight excluding hydrogens is 462 g/mol. The number of ether oxygens (including phenoxy) is 3. The van der Waals surface area contributed by atoms with Gasteiger partial charge in [-0.15, -0.1) is 0 Å². The molecule has 0 amide bonds. The van der Waals surface area contributed by atoms with E-state index in [2.05, 4.69) is 21.2 Å². The number of dihydropyridines is 1. The summed E-state index contributed by atoms with van der Waals surface area (Å²) in [5.74, 6) is -0.144. The molecule has 160 valence electrons. The summed E-state index contributed by atoms with van der Waals surface area (Å²) < 4.78 is 17.0. The minimum atomic E-state index is -0.621. The lowest BCUT2D eigenvalue weighted by molar-refractivity contribution is -0.136. The Hall–Kier alpha value is -3.06. The minimum Gasteiger partial charge on any atom is -0.493 e. The molecule has 0 spiro atoms. The lowest BCUT2D eigenvalue weighted by atomic mass is 9.79. The van der Waals surface area contributed by atoms with E-state index >= 15 is 0 Å². The lowest BCUT2D eigenvalue weighted by Crippen LogP contribution is -2.29. The summed E-state index contributed by atoms with van der Waals surface area (Å²) in [6, 6.07) is 11.1. The van der Waals surface area contributed by atoms with Crippen LogP contribution < -0.4 is 14.8 Å². The molecule has 1 atom stereocenters. The Morgan fingerprint density at radius 3 is 2.52 bits per heavy atom. The Bertz CT molecular complexity index is 1160. The maximum atomic E-state index is 13.4. The van der Waals surface area contributed by atoms with Crippen molar-refractivity contribution in [1.82, 2.24) is 5.32 Å². The molecular formula is C24H22BrNO5. The Morgan fingerprint density at radius 1 is 1.16 bits per heavy atom. The summed E-state index contributed by atoms with van der Waals surface area (Å²) in [7, 11) is 2.89. The maximum Gasteiger partial charge on any atom is 0.336 e. The molecule has 1 aliphatic heterocycles. The highest BCUT2D eigenvalue weighted by Crippen LogP contribution is 2.49. The van der Waals surface area contributed by atoms with Crippen LogP contribution in [-0.2, 0) is 9.53 Å². The Labute approximate surface area is 189 Å². The van der Waals surface area contributed by atoms with E-state index in [1.807, 2.05) is 44.2 Å². The van der Waals surface area contributed by atoms with Gasteiger partial charge in [-0.2, -0.15) is 0 Å². The third-order valence-corrected chi connectivity index (χ3v) is 6.12. The number of allylic oxidation sites excluding steroid dienone is 2. The van der Waals surface area contributed by atoms with Crippen LogP contribution >= 0.6 is 15.9 Å². The molecule has 6 nitrogen and oxygen atoms in total. The molecule has 0 unspecified atom stereocenters. The van der Waals surface area contributed by atoms with Crippen LogP contribution in [0.5, 0.6) is 11.5 Å². The summed E-state index contributed by atoms with van der Waals surface area (Å²) in [6.07, 6.45) is 0. The first-order valence-corrected chi connectivity index (χ1v) is 10.7. The second-order valence-electron chi connectivity index (χ2n) is 7.22. The molecule has 0 radical (unpaired) electrons. The van der Waals surface area contributed by atoms with Gasteiger partial charge in [0.15, 0.2) is 17.3 Å². The first kappa shape index (κ1) is 21.2. The number of ketones is 1. The first-order chi connectivity index (χ1) is 14.9. The minimum absolute atomic E-state index is 0.110. The molecule has 0 aromatic heterocycles. The zero-order chi connectivity index (χ0) is 22.3. The molecule has 4 rings (SSSR count). The van der Waals surface area contributed by atoms with E-state index in [1.54, 1.807) is 13.2 Å². The number of methoxy groups -OCH3 is 2. The SMILES string of the molecule is CCOc1c(Br)cc([C@@H]2C(C(=O)OC)=C(C)NC3=C2C(=O)c2ccccc23)cc1OC. The van der Waals surface area contributed by atoms with Crippen molar-refractivity contribution in [3.8, 4) is 11.5 Å². The number of rotatable bonds is 5. The third kappa shape index (κ3) is 3.33. The predicted molar refractivity (Wildman–Crippen MR) is 120 cm³/mol. The molecule has 1 heterocycles. The van der Waals surface area contributed by atoms with E-state index in [1.165, 1.54) is 7.11 Å². The Kier molecular flexibility index (Phi) is 5.62. The maximum absolute atomic E-state index is 13.4. The highest BCUT2D eigenvalue weighted by Gasteiger charge is 2.43. The molecule has 2 aliphatic rings. The molecule has 2 aromatic rings. The number of halogens is 1. The van der Waals surface area contributed by atoms with Gasteiger partial charge in [-0.1, -0.05) is 24.3 Å². The van der Waals surface area contributed by atoms with Gasteiger partial charge in [0.2, 0.25) is 0 Å². The van der Waals surface area contributed by atoms with Crippen molar-refractivity contribution in [3.05, 3.63) is 74.4 Å². The van der Waals surface area contributed by atoms with E-state index in [0.717, 1.165) is 16.8 Å². The average Bonchev–Trinajstić information content (AvgIpc) is 3.05. The van der Waals surface area contributed by atoms with Crippen molar-refractivity contribution in [1.29, 1.82) is 0 Å². The molecule has 0 bridgehead atoms. The summed E-state index contributed by atoms with van der Waals surface area (Å²) in [5, 5.41) is 3.27. The van der Waals surface area contributed by atoms with Crippen molar-refractivity contribution < 1.29 is 23.8 Å². The van der Waals surface area contributed by atoms with Gasteiger partial charge in [-0.25, -0.2) is 4.79 Å². The summed E-state index contributed by atoms with van der Waals surface area (Å²) in [6.45, 7) is 4.17. The summed E-state index contributed by atoms with van der Waals surface area (Å²) in [5.41, 5.74) is 4.44. The quantitative estimate of drug-likeness (QED) is 0.626. The third-order valence-electron chi connectivity index (χ3n) is 5.53. The van der Waals surface area contributed by atoms with Gasteiger partial charge >= 0.3 is 5.97 Å². The zero-order valence-electron chi connectivity index (χ0n) is 17.7. The zero-order valence-corrected chi connectivity index (χ0v) is 19.3. The van der Waals surface area contributed by atoms with Crippen LogP contribution in [0, 0.1) is 0 Å². The van der Waals surface area contributed by atoms with Gasteiger partial charge in [0.1, 0.15) is 0 Å². The smallest absolute Gasteiger partial charge is 0.336 e. The highest BCUT2D eigenvalue weighted by molar-refractivity contribution is 9.10. The highest BCUT2D eigenvalue weighted by atomic mass is 79.9. The topological polar surface area (TPSA) is 73.9 Å². The van der Waals surface area contributed by atoms with Gasteiger partial charge in [0.05, 0.1) is 36.6 Å². The number of carbonyl (C=O) groups excluding carboxylic acids is 2.